The molecule has 0 fully saturated rings. The lowest BCUT2D eigenvalue weighted by Gasteiger charge is -2.05. The van der Waals surface area contributed by atoms with E-state index >= 15 is 0 Å². The van der Waals surface area contributed by atoms with E-state index < -0.39 is 6.36 Å². The van der Waals surface area contributed by atoms with Gasteiger partial charge in [-0.3, -0.25) is 0 Å². The number of hydrogen-bond donors (Lipinski definition) is 0. The van der Waals surface area contributed by atoms with Crippen molar-refractivity contribution in [1.82, 2.24) is 9.78 Å². The SMILES string of the molecule is FC(F)(F)Oc1cnn(-c2ccc(CBr)cc2)c1. The molecule has 0 amide bonds. The van der Waals surface area contributed by atoms with Gasteiger partial charge in [0, 0.05) is 5.33 Å². The van der Waals surface area contributed by atoms with Crippen molar-refractivity contribution in [3.63, 3.8) is 0 Å². The number of nitrogens with zero attached hydrogens (tertiary/aromatic N) is 2. The Hall–Kier alpha value is -1.50. The summed E-state index contributed by atoms with van der Waals surface area (Å²) in [6.07, 6.45) is -2.50. The molecule has 0 aliphatic carbocycles. The molecule has 1 aromatic carbocycles. The first-order chi connectivity index (χ1) is 8.48. The van der Waals surface area contributed by atoms with Crippen molar-refractivity contribution >= 4 is 15.9 Å². The van der Waals surface area contributed by atoms with Crippen LogP contribution in [0.4, 0.5) is 13.2 Å². The molecule has 0 bridgehead atoms. The van der Waals surface area contributed by atoms with Crippen LogP contribution < -0.4 is 4.74 Å². The molecule has 96 valence electrons. The van der Waals surface area contributed by atoms with Crippen molar-refractivity contribution in [2.75, 3.05) is 0 Å². The van der Waals surface area contributed by atoms with Gasteiger partial charge in [0.2, 0.25) is 0 Å². The summed E-state index contributed by atoms with van der Waals surface area (Å²) in [7, 11) is 0. The maximum Gasteiger partial charge on any atom is 0.573 e. The Balaban J connectivity index is 2.18. The maximum absolute atomic E-state index is 12.0. The van der Waals surface area contributed by atoms with E-state index in [0.29, 0.717) is 5.69 Å². The number of benzene rings is 1. The van der Waals surface area contributed by atoms with Crippen LogP contribution in [0.2, 0.25) is 0 Å². The second kappa shape index (κ2) is 5.01. The normalized spacial score (nSPS) is 11.6. The van der Waals surface area contributed by atoms with E-state index in [0.717, 1.165) is 17.1 Å². The Kier molecular flexibility index (Phi) is 3.60. The fraction of sp³-hybridized carbons (Fsp3) is 0.182. The van der Waals surface area contributed by atoms with Crippen LogP contribution in [-0.2, 0) is 5.33 Å². The number of alkyl halides is 4. The fourth-order valence-corrected chi connectivity index (χ4v) is 1.75. The maximum atomic E-state index is 12.0. The second-order valence-electron chi connectivity index (χ2n) is 3.47. The highest BCUT2D eigenvalue weighted by Crippen LogP contribution is 2.23. The van der Waals surface area contributed by atoms with Crippen LogP contribution in [-0.4, -0.2) is 16.1 Å². The fourth-order valence-electron chi connectivity index (χ4n) is 1.37. The highest BCUT2D eigenvalue weighted by molar-refractivity contribution is 9.08. The minimum absolute atomic E-state index is 0.341. The van der Waals surface area contributed by atoms with E-state index in [4.69, 9.17) is 0 Å². The summed E-state index contributed by atoms with van der Waals surface area (Å²) in [6.45, 7) is 0. The summed E-state index contributed by atoms with van der Waals surface area (Å²) >= 11 is 3.31. The molecule has 0 saturated heterocycles. The van der Waals surface area contributed by atoms with Crippen molar-refractivity contribution in [3.05, 3.63) is 42.2 Å². The van der Waals surface area contributed by atoms with E-state index in [1.807, 2.05) is 12.1 Å². The van der Waals surface area contributed by atoms with E-state index in [2.05, 4.69) is 25.8 Å². The molecule has 0 unspecified atom stereocenters. The molecule has 0 atom stereocenters. The second-order valence-corrected chi connectivity index (χ2v) is 4.03. The molecule has 2 rings (SSSR count). The largest absolute Gasteiger partial charge is 0.573 e. The smallest absolute Gasteiger partial charge is 0.402 e. The van der Waals surface area contributed by atoms with Crippen LogP contribution >= 0.6 is 15.9 Å². The Morgan fingerprint density at radius 1 is 1.22 bits per heavy atom. The Morgan fingerprint density at radius 3 is 2.44 bits per heavy atom. The zero-order chi connectivity index (χ0) is 13.2. The van der Waals surface area contributed by atoms with Gasteiger partial charge in [0.25, 0.3) is 0 Å². The van der Waals surface area contributed by atoms with Gasteiger partial charge in [-0.15, -0.1) is 13.2 Å². The number of ether oxygens (including phenoxy) is 1. The van der Waals surface area contributed by atoms with E-state index in [-0.39, 0.29) is 5.75 Å². The average molecular weight is 321 g/mol. The van der Waals surface area contributed by atoms with Gasteiger partial charge in [-0.25, -0.2) is 4.68 Å². The van der Waals surface area contributed by atoms with E-state index in [1.165, 1.54) is 10.9 Å². The molecule has 0 aliphatic heterocycles. The molecule has 1 aromatic heterocycles. The Morgan fingerprint density at radius 2 is 1.89 bits per heavy atom. The van der Waals surface area contributed by atoms with E-state index in [9.17, 15) is 13.2 Å². The van der Waals surface area contributed by atoms with Gasteiger partial charge in [-0.1, -0.05) is 28.1 Å². The third kappa shape index (κ3) is 3.25. The lowest BCUT2D eigenvalue weighted by atomic mass is 10.2. The standard InChI is InChI=1S/C11H8BrF3N2O/c12-5-8-1-3-9(4-2-8)17-7-10(6-16-17)18-11(13,14)15/h1-4,6-7H,5H2. The van der Waals surface area contributed by atoms with Crippen molar-refractivity contribution in [1.29, 1.82) is 0 Å². The number of rotatable bonds is 3. The van der Waals surface area contributed by atoms with Crippen LogP contribution in [0.25, 0.3) is 5.69 Å². The summed E-state index contributed by atoms with van der Waals surface area (Å²) in [5.74, 6) is -0.341. The zero-order valence-electron chi connectivity index (χ0n) is 8.99. The number of hydrogen-bond acceptors (Lipinski definition) is 2. The van der Waals surface area contributed by atoms with Gasteiger partial charge in [0.15, 0.2) is 5.75 Å². The van der Waals surface area contributed by atoms with Crippen LogP contribution in [0.15, 0.2) is 36.7 Å². The van der Waals surface area contributed by atoms with Crippen molar-refractivity contribution in [2.24, 2.45) is 0 Å². The minimum atomic E-state index is -4.70. The predicted octanol–water partition coefficient (Wildman–Crippen LogP) is 3.67. The summed E-state index contributed by atoms with van der Waals surface area (Å²) in [5.41, 5.74) is 1.73. The van der Waals surface area contributed by atoms with Crippen molar-refractivity contribution in [3.8, 4) is 11.4 Å². The highest BCUT2D eigenvalue weighted by atomic mass is 79.9. The molecule has 3 nitrogen and oxygen atoms in total. The predicted molar refractivity (Wildman–Crippen MR) is 62.9 cm³/mol. The highest BCUT2D eigenvalue weighted by Gasteiger charge is 2.31. The number of aromatic nitrogens is 2. The third-order valence-corrected chi connectivity index (χ3v) is 2.80. The van der Waals surface area contributed by atoms with Gasteiger partial charge in [0.1, 0.15) is 0 Å². The molecule has 1 heterocycles. The topological polar surface area (TPSA) is 27.1 Å². The third-order valence-electron chi connectivity index (χ3n) is 2.15. The zero-order valence-corrected chi connectivity index (χ0v) is 10.6. The quantitative estimate of drug-likeness (QED) is 0.807. The van der Waals surface area contributed by atoms with Gasteiger partial charge < -0.3 is 4.74 Å². The monoisotopic (exact) mass is 320 g/mol. The molecule has 0 spiro atoms. The lowest BCUT2D eigenvalue weighted by Crippen LogP contribution is -2.16. The Labute approximate surface area is 109 Å². The van der Waals surface area contributed by atoms with Crippen LogP contribution in [0.1, 0.15) is 5.56 Å². The molecule has 0 saturated carbocycles. The van der Waals surface area contributed by atoms with Gasteiger partial charge in [0.05, 0.1) is 18.1 Å². The first-order valence-electron chi connectivity index (χ1n) is 4.93. The molecule has 0 radical (unpaired) electrons. The first kappa shape index (κ1) is 12.9. The summed E-state index contributed by atoms with van der Waals surface area (Å²) in [4.78, 5) is 0. The summed E-state index contributed by atoms with van der Waals surface area (Å²) < 4.78 is 41.0. The van der Waals surface area contributed by atoms with Crippen LogP contribution in [0, 0.1) is 0 Å². The number of halogens is 4. The lowest BCUT2D eigenvalue weighted by molar-refractivity contribution is -0.274. The minimum Gasteiger partial charge on any atom is -0.402 e. The van der Waals surface area contributed by atoms with Crippen LogP contribution in [0.5, 0.6) is 5.75 Å². The van der Waals surface area contributed by atoms with Crippen LogP contribution in [0.3, 0.4) is 0 Å². The van der Waals surface area contributed by atoms with Gasteiger partial charge in [-0.2, -0.15) is 5.10 Å². The van der Waals surface area contributed by atoms with Crippen molar-refractivity contribution in [2.45, 2.75) is 11.7 Å². The molecule has 18 heavy (non-hydrogen) atoms. The summed E-state index contributed by atoms with van der Waals surface area (Å²) in [5, 5.41) is 4.52. The van der Waals surface area contributed by atoms with Gasteiger partial charge in [-0.05, 0) is 17.7 Å². The molecular formula is C11H8BrF3N2O. The van der Waals surface area contributed by atoms with Gasteiger partial charge >= 0.3 is 6.36 Å². The Bertz CT molecular complexity index is 522. The van der Waals surface area contributed by atoms with E-state index in [1.54, 1.807) is 12.1 Å². The molecular weight excluding hydrogens is 313 g/mol. The molecule has 2 aromatic rings. The molecule has 0 N–H and O–H groups in total. The summed E-state index contributed by atoms with van der Waals surface area (Å²) in [6, 6.07) is 7.24. The molecule has 0 aliphatic rings. The average Bonchev–Trinajstić information content (AvgIpc) is 2.75. The first-order valence-corrected chi connectivity index (χ1v) is 6.06. The van der Waals surface area contributed by atoms with Crippen molar-refractivity contribution < 1.29 is 17.9 Å². The molecule has 7 heteroatoms.